The van der Waals surface area contributed by atoms with Crippen LogP contribution >= 0.6 is 27.3 Å². The van der Waals surface area contributed by atoms with Crippen LogP contribution in [0.4, 0.5) is 0 Å². The number of nitrogens with one attached hydrogen (secondary N) is 2. The molecule has 1 unspecified atom stereocenters. The van der Waals surface area contributed by atoms with Crippen LogP contribution in [0, 0.1) is 6.92 Å². The zero-order valence-corrected chi connectivity index (χ0v) is 15.3. The van der Waals surface area contributed by atoms with Crippen LogP contribution in [-0.2, 0) is 6.61 Å². The van der Waals surface area contributed by atoms with E-state index in [-0.39, 0.29) is 11.9 Å². The molecule has 1 amide bonds. The summed E-state index contributed by atoms with van der Waals surface area (Å²) in [5.41, 5.74) is 2.79. The monoisotopic (exact) mass is 394 g/mol. The van der Waals surface area contributed by atoms with Crippen LogP contribution in [0.2, 0.25) is 0 Å². The van der Waals surface area contributed by atoms with Gasteiger partial charge < -0.3 is 15.4 Å². The number of amides is 1. The Labute approximate surface area is 148 Å². The van der Waals surface area contributed by atoms with Crippen molar-refractivity contribution in [1.82, 2.24) is 10.6 Å². The molecule has 1 atom stereocenters. The Hall–Kier alpha value is -1.37. The highest BCUT2D eigenvalue weighted by atomic mass is 79.9. The minimum Gasteiger partial charge on any atom is -0.489 e. The normalized spacial score (nSPS) is 17.2. The molecule has 1 aliphatic heterocycles. The number of benzene rings is 1. The molecule has 1 aromatic heterocycles. The summed E-state index contributed by atoms with van der Waals surface area (Å²) in [5.74, 6) is 0.714. The van der Waals surface area contributed by atoms with E-state index in [1.807, 2.05) is 31.2 Å². The first kappa shape index (κ1) is 16.5. The van der Waals surface area contributed by atoms with Crippen molar-refractivity contribution in [2.45, 2.75) is 26.0 Å². The third-order valence-electron chi connectivity index (χ3n) is 3.86. The molecule has 2 heterocycles. The van der Waals surface area contributed by atoms with E-state index >= 15 is 0 Å². The van der Waals surface area contributed by atoms with Crippen LogP contribution in [0.15, 0.2) is 33.4 Å². The predicted molar refractivity (Wildman–Crippen MR) is 96.3 cm³/mol. The van der Waals surface area contributed by atoms with E-state index < -0.39 is 0 Å². The van der Waals surface area contributed by atoms with E-state index in [0.29, 0.717) is 12.2 Å². The SMILES string of the molecule is Cc1ccc(C(=O)NC2CCNC2)cc1OCc1csc(Br)c1. The molecular formula is C17H19BrN2O2S. The second kappa shape index (κ2) is 7.47. The van der Waals surface area contributed by atoms with Crippen molar-refractivity contribution in [2.75, 3.05) is 13.1 Å². The van der Waals surface area contributed by atoms with Gasteiger partial charge in [-0.15, -0.1) is 11.3 Å². The van der Waals surface area contributed by atoms with Crippen molar-refractivity contribution in [3.8, 4) is 5.75 Å². The number of hydrogen-bond acceptors (Lipinski definition) is 4. The molecule has 2 aromatic rings. The zero-order valence-electron chi connectivity index (χ0n) is 12.9. The number of rotatable bonds is 5. The Kier molecular flexibility index (Phi) is 5.35. The fourth-order valence-corrected chi connectivity index (χ4v) is 3.72. The van der Waals surface area contributed by atoms with E-state index in [4.69, 9.17) is 4.74 Å². The standard InChI is InChI=1S/C17H19BrN2O2S/c1-11-2-3-13(17(21)20-14-4-5-19-8-14)7-15(11)22-9-12-6-16(18)23-10-12/h2-3,6-7,10,14,19H,4-5,8-9H2,1H3,(H,20,21). The topological polar surface area (TPSA) is 50.4 Å². The van der Waals surface area contributed by atoms with Crippen molar-refractivity contribution in [3.63, 3.8) is 0 Å². The van der Waals surface area contributed by atoms with E-state index in [9.17, 15) is 4.79 Å². The Balaban J connectivity index is 1.66. The summed E-state index contributed by atoms with van der Waals surface area (Å²) in [5, 5.41) is 8.36. The summed E-state index contributed by atoms with van der Waals surface area (Å²) in [7, 11) is 0. The predicted octanol–water partition coefficient (Wildman–Crippen LogP) is 3.49. The molecule has 3 rings (SSSR count). The number of halogens is 1. The van der Waals surface area contributed by atoms with Crippen molar-refractivity contribution in [1.29, 1.82) is 0 Å². The van der Waals surface area contributed by atoms with Gasteiger partial charge in [0.1, 0.15) is 12.4 Å². The highest BCUT2D eigenvalue weighted by Gasteiger charge is 2.18. The number of hydrogen-bond donors (Lipinski definition) is 2. The molecule has 23 heavy (non-hydrogen) atoms. The number of aryl methyl sites for hydroxylation is 1. The molecule has 0 saturated carbocycles. The van der Waals surface area contributed by atoms with Gasteiger partial charge in [0.15, 0.2) is 0 Å². The summed E-state index contributed by atoms with van der Waals surface area (Å²) in [6, 6.07) is 7.87. The van der Waals surface area contributed by atoms with Crippen molar-refractivity contribution in [2.24, 2.45) is 0 Å². The smallest absolute Gasteiger partial charge is 0.251 e. The number of carbonyl (C=O) groups is 1. The maximum Gasteiger partial charge on any atom is 0.251 e. The van der Waals surface area contributed by atoms with Gasteiger partial charge >= 0.3 is 0 Å². The Bertz CT molecular complexity index is 696. The van der Waals surface area contributed by atoms with E-state index in [2.05, 4.69) is 31.9 Å². The van der Waals surface area contributed by atoms with Crippen molar-refractivity contribution < 1.29 is 9.53 Å². The first-order valence-electron chi connectivity index (χ1n) is 7.60. The zero-order chi connectivity index (χ0) is 16.2. The molecule has 6 heteroatoms. The van der Waals surface area contributed by atoms with Gasteiger partial charge in [-0.1, -0.05) is 6.07 Å². The Morgan fingerprint density at radius 3 is 3.04 bits per heavy atom. The largest absolute Gasteiger partial charge is 0.489 e. The maximum atomic E-state index is 12.3. The molecule has 0 radical (unpaired) electrons. The molecule has 0 bridgehead atoms. The quantitative estimate of drug-likeness (QED) is 0.815. The van der Waals surface area contributed by atoms with Crippen molar-refractivity contribution >= 4 is 33.2 Å². The first-order chi connectivity index (χ1) is 11.1. The van der Waals surface area contributed by atoms with Crippen LogP contribution in [0.1, 0.15) is 27.9 Å². The molecule has 1 fully saturated rings. The molecule has 122 valence electrons. The van der Waals surface area contributed by atoms with Crippen molar-refractivity contribution in [3.05, 3.63) is 50.1 Å². The van der Waals surface area contributed by atoms with Crippen LogP contribution in [0.3, 0.4) is 0 Å². The lowest BCUT2D eigenvalue weighted by Crippen LogP contribution is -2.36. The van der Waals surface area contributed by atoms with E-state index in [1.165, 1.54) is 0 Å². The summed E-state index contributed by atoms with van der Waals surface area (Å²) < 4.78 is 6.98. The first-order valence-corrected chi connectivity index (χ1v) is 9.27. The minimum atomic E-state index is -0.0400. The summed E-state index contributed by atoms with van der Waals surface area (Å²) in [4.78, 5) is 12.3. The van der Waals surface area contributed by atoms with E-state index in [1.54, 1.807) is 11.3 Å². The van der Waals surface area contributed by atoms with Gasteiger partial charge in [0.2, 0.25) is 0 Å². The number of carbonyl (C=O) groups excluding carboxylic acids is 1. The van der Waals surface area contributed by atoms with Crippen LogP contribution in [0.25, 0.3) is 0 Å². The summed E-state index contributed by atoms with van der Waals surface area (Å²) in [6.07, 6.45) is 0.980. The molecule has 1 aromatic carbocycles. The molecule has 2 N–H and O–H groups in total. The second-order valence-electron chi connectivity index (χ2n) is 5.69. The van der Waals surface area contributed by atoms with Crippen LogP contribution < -0.4 is 15.4 Å². The maximum absolute atomic E-state index is 12.3. The molecule has 1 aliphatic rings. The van der Waals surface area contributed by atoms with Gasteiger partial charge in [0, 0.05) is 23.7 Å². The Morgan fingerprint density at radius 1 is 1.48 bits per heavy atom. The highest BCUT2D eigenvalue weighted by molar-refractivity contribution is 9.11. The van der Waals surface area contributed by atoms with Gasteiger partial charge in [0.05, 0.1) is 3.79 Å². The van der Waals surface area contributed by atoms with Crippen LogP contribution in [-0.4, -0.2) is 25.0 Å². The van der Waals surface area contributed by atoms with E-state index in [0.717, 1.165) is 40.2 Å². The highest BCUT2D eigenvalue weighted by Crippen LogP contribution is 2.24. The lowest BCUT2D eigenvalue weighted by atomic mass is 10.1. The van der Waals surface area contributed by atoms with Crippen LogP contribution in [0.5, 0.6) is 5.75 Å². The third-order valence-corrected chi connectivity index (χ3v) is 5.42. The molecular weight excluding hydrogens is 376 g/mol. The lowest BCUT2D eigenvalue weighted by Gasteiger charge is -2.13. The fraction of sp³-hybridized carbons (Fsp3) is 0.353. The van der Waals surface area contributed by atoms with Gasteiger partial charge in [-0.3, -0.25) is 4.79 Å². The summed E-state index contributed by atoms with van der Waals surface area (Å²) in [6.45, 7) is 4.29. The third kappa shape index (κ3) is 4.34. The lowest BCUT2D eigenvalue weighted by molar-refractivity contribution is 0.0939. The van der Waals surface area contributed by atoms with Gasteiger partial charge in [-0.05, 0) is 65.0 Å². The van der Waals surface area contributed by atoms with Gasteiger partial charge in [-0.2, -0.15) is 0 Å². The van der Waals surface area contributed by atoms with Gasteiger partial charge in [0.25, 0.3) is 5.91 Å². The molecule has 0 aliphatic carbocycles. The number of thiophene rings is 1. The average Bonchev–Trinajstić information content (AvgIpc) is 3.18. The molecule has 4 nitrogen and oxygen atoms in total. The molecule has 0 spiro atoms. The summed E-state index contributed by atoms with van der Waals surface area (Å²) >= 11 is 5.09. The second-order valence-corrected chi connectivity index (χ2v) is 7.98. The fourth-order valence-electron chi connectivity index (χ4n) is 2.53. The molecule has 1 saturated heterocycles. The Morgan fingerprint density at radius 2 is 2.35 bits per heavy atom. The average molecular weight is 395 g/mol. The number of ether oxygens (including phenoxy) is 1. The minimum absolute atomic E-state index is 0.0400. The van der Waals surface area contributed by atoms with Gasteiger partial charge in [-0.25, -0.2) is 0 Å².